The Morgan fingerprint density at radius 3 is 2.34 bits per heavy atom. The van der Waals surface area contributed by atoms with E-state index in [1.54, 1.807) is 12.1 Å². The van der Waals surface area contributed by atoms with E-state index in [0.29, 0.717) is 17.8 Å². The van der Waals surface area contributed by atoms with Crippen LogP contribution in [0.3, 0.4) is 0 Å². The van der Waals surface area contributed by atoms with Crippen molar-refractivity contribution in [3.05, 3.63) is 59.0 Å². The van der Waals surface area contributed by atoms with Crippen molar-refractivity contribution in [1.29, 1.82) is 0 Å². The molecule has 8 nitrogen and oxygen atoms in total. The van der Waals surface area contributed by atoms with Crippen LogP contribution in [0.1, 0.15) is 24.8 Å². The molecule has 0 atom stereocenters. The van der Waals surface area contributed by atoms with E-state index in [2.05, 4.69) is 20.8 Å². The van der Waals surface area contributed by atoms with E-state index in [9.17, 15) is 14.5 Å². The molecule has 2 aromatic rings. The minimum Gasteiger partial charge on any atom is -0.371 e. The number of nitroso groups, excluding NO2 is 1. The number of anilines is 2. The number of rotatable bonds is 3. The Kier molecular flexibility index (Phi) is 5.02. The number of imide groups is 1. The lowest BCUT2D eigenvalue weighted by atomic mass is 9.86. The Morgan fingerprint density at radius 1 is 1.07 bits per heavy atom. The largest absolute Gasteiger partial charge is 0.371 e. The van der Waals surface area contributed by atoms with Gasteiger partial charge >= 0.3 is 6.03 Å². The Hall–Kier alpha value is -3.26. The molecule has 0 unspecified atom stereocenters. The molecule has 8 heteroatoms. The second-order valence-corrected chi connectivity index (χ2v) is 7.69. The number of hydrogen-bond donors (Lipinski definition) is 2. The van der Waals surface area contributed by atoms with Gasteiger partial charge in [0.2, 0.25) is 5.91 Å². The van der Waals surface area contributed by atoms with Gasteiger partial charge in [-0.1, -0.05) is 17.7 Å². The molecule has 2 saturated heterocycles. The summed E-state index contributed by atoms with van der Waals surface area (Å²) < 4.78 is 0. The molecular formula is C21H23N5O3. The van der Waals surface area contributed by atoms with Gasteiger partial charge in [-0.05, 0) is 61.3 Å². The number of carbonyl (C=O) groups excluding carboxylic acids is 2. The predicted molar refractivity (Wildman–Crippen MR) is 111 cm³/mol. The maximum atomic E-state index is 12.6. The molecule has 0 aliphatic carbocycles. The first-order chi connectivity index (χ1) is 14.0. The molecule has 1 spiro atoms. The highest BCUT2D eigenvalue weighted by Crippen LogP contribution is 2.33. The monoisotopic (exact) mass is 393 g/mol. The van der Waals surface area contributed by atoms with Crippen molar-refractivity contribution in [2.75, 3.05) is 23.3 Å². The van der Waals surface area contributed by atoms with Crippen molar-refractivity contribution in [3.63, 3.8) is 0 Å². The maximum Gasteiger partial charge on any atom is 0.343 e. The molecule has 2 aliphatic rings. The van der Waals surface area contributed by atoms with E-state index in [1.165, 1.54) is 0 Å². The molecule has 150 valence electrons. The highest BCUT2D eigenvalue weighted by Gasteiger charge is 2.46. The smallest absolute Gasteiger partial charge is 0.343 e. The Morgan fingerprint density at radius 2 is 1.72 bits per heavy atom. The molecule has 0 radical (unpaired) electrons. The van der Waals surface area contributed by atoms with Crippen molar-refractivity contribution in [2.45, 2.75) is 31.7 Å². The van der Waals surface area contributed by atoms with E-state index < -0.39 is 11.6 Å². The Bertz CT molecular complexity index is 918. The van der Waals surface area contributed by atoms with Crippen LogP contribution in [0.4, 0.5) is 21.9 Å². The summed E-state index contributed by atoms with van der Waals surface area (Å²) in [4.78, 5) is 37.9. The van der Waals surface area contributed by atoms with Gasteiger partial charge in [-0.3, -0.25) is 4.79 Å². The summed E-state index contributed by atoms with van der Waals surface area (Å²) >= 11 is 0. The zero-order chi connectivity index (χ0) is 20.4. The number of hydrazine groups is 1. The Balaban J connectivity index is 1.37. The fourth-order valence-electron chi connectivity index (χ4n) is 3.89. The highest BCUT2D eigenvalue weighted by molar-refractivity contribution is 6.02. The van der Waals surface area contributed by atoms with E-state index in [-0.39, 0.29) is 5.91 Å². The summed E-state index contributed by atoms with van der Waals surface area (Å²) in [6.07, 6.45) is 1.78. The zero-order valence-corrected chi connectivity index (χ0v) is 16.2. The van der Waals surface area contributed by atoms with Gasteiger partial charge in [0.25, 0.3) is 0 Å². The number of urea groups is 1. The molecule has 2 fully saturated rings. The number of amides is 3. The molecule has 0 bridgehead atoms. The molecule has 2 aliphatic heterocycles. The van der Waals surface area contributed by atoms with E-state index in [0.717, 1.165) is 42.2 Å². The maximum absolute atomic E-state index is 12.6. The van der Waals surface area contributed by atoms with Gasteiger partial charge < -0.3 is 10.2 Å². The molecule has 3 amide bonds. The summed E-state index contributed by atoms with van der Waals surface area (Å²) in [5.74, 6) is -0.218. The van der Waals surface area contributed by atoms with Gasteiger partial charge in [0.05, 0.1) is 5.54 Å². The third-order valence-corrected chi connectivity index (χ3v) is 5.63. The van der Waals surface area contributed by atoms with Crippen LogP contribution < -0.4 is 15.6 Å². The first-order valence-electron chi connectivity index (χ1n) is 9.65. The van der Waals surface area contributed by atoms with Gasteiger partial charge in [0.15, 0.2) is 0 Å². The van der Waals surface area contributed by atoms with Crippen molar-refractivity contribution in [3.8, 4) is 0 Å². The predicted octanol–water partition coefficient (Wildman–Crippen LogP) is 3.70. The van der Waals surface area contributed by atoms with Gasteiger partial charge in [0, 0.05) is 30.9 Å². The quantitative estimate of drug-likeness (QED) is 0.776. The SMILES string of the molecule is Cc1ccc(NC(=O)N2NC3(CCN(c4ccc(N=O)cc4)CC3)CC2=O)cc1. The van der Waals surface area contributed by atoms with Gasteiger partial charge in [-0.25, -0.2) is 10.2 Å². The number of carbonyl (C=O) groups is 2. The summed E-state index contributed by atoms with van der Waals surface area (Å²) in [7, 11) is 0. The van der Waals surface area contributed by atoms with Crippen LogP contribution in [0, 0.1) is 11.8 Å². The average molecular weight is 393 g/mol. The summed E-state index contributed by atoms with van der Waals surface area (Å²) in [5.41, 5.74) is 5.94. The van der Waals surface area contributed by atoms with Crippen LogP contribution in [0.25, 0.3) is 0 Å². The summed E-state index contributed by atoms with van der Waals surface area (Å²) in [6, 6.07) is 14.1. The highest BCUT2D eigenvalue weighted by atomic mass is 16.3. The molecule has 0 aromatic heterocycles. The van der Waals surface area contributed by atoms with Gasteiger partial charge in [-0.15, -0.1) is 4.91 Å². The normalized spacial score (nSPS) is 18.2. The van der Waals surface area contributed by atoms with Crippen molar-refractivity contribution in [2.24, 2.45) is 5.18 Å². The van der Waals surface area contributed by atoms with Crippen molar-refractivity contribution in [1.82, 2.24) is 10.4 Å². The molecule has 4 rings (SSSR count). The fourth-order valence-corrected chi connectivity index (χ4v) is 3.89. The minimum absolute atomic E-state index is 0.218. The summed E-state index contributed by atoms with van der Waals surface area (Å²) in [5, 5.41) is 6.80. The molecule has 29 heavy (non-hydrogen) atoms. The van der Waals surface area contributed by atoms with Crippen LogP contribution in [-0.2, 0) is 4.79 Å². The van der Waals surface area contributed by atoms with Crippen LogP contribution in [0.15, 0.2) is 53.7 Å². The fraction of sp³-hybridized carbons (Fsp3) is 0.333. The second-order valence-electron chi connectivity index (χ2n) is 7.69. The topological polar surface area (TPSA) is 94.1 Å². The van der Waals surface area contributed by atoms with Crippen LogP contribution in [0.2, 0.25) is 0 Å². The molecular weight excluding hydrogens is 370 g/mol. The van der Waals surface area contributed by atoms with Crippen LogP contribution >= 0.6 is 0 Å². The van der Waals surface area contributed by atoms with Crippen LogP contribution in [0.5, 0.6) is 0 Å². The number of hydrogen-bond acceptors (Lipinski definition) is 6. The van der Waals surface area contributed by atoms with Gasteiger partial charge in [-0.2, -0.15) is 5.01 Å². The number of piperidine rings is 1. The van der Waals surface area contributed by atoms with Crippen LogP contribution in [-0.4, -0.2) is 35.6 Å². The van der Waals surface area contributed by atoms with Gasteiger partial charge in [0.1, 0.15) is 5.69 Å². The van der Waals surface area contributed by atoms with Crippen molar-refractivity contribution < 1.29 is 9.59 Å². The van der Waals surface area contributed by atoms with E-state index in [4.69, 9.17) is 0 Å². The lowest BCUT2D eigenvalue weighted by molar-refractivity contribution is -0.126. The first-order valence-corrected chi connectivity index (χ1v) is 9.65. The number of aryl methyl sites for hydroxylation is 1. The second kappa shape index (κ2) is 7.63. The number of nitrogens with one attached hydrogen (secondary N) is 2. The third kappa shape index (κ3) is 3.97. The molecule has 0 saturated carbocycles. The Labute approximate surface area is 168 Å². The zero-order valence-electron chi connectivity index (χ0n) is 16.2. The van der Waals surface area contributed by atoms with E-state index >= 15 is 0 Å². The summed E-state index contributed by atoms with van der Waals surface area (Å²) in [6.45, 7) is 3.48. The lowest BCUT2D eigenvalue weighted by Gasteiger charge is -2.40. The molecule has 2 heterocycles. The first kappa shape index (κ1) is 19.1. The standard InChI is InChI=1S/C21H23N5O3/c1-15-2-4-16(5-3-15)22-20(28)26-19(27)14-21(24-26)10-12-25(13-11-21)18-8-6-17(23-29)7-9-18/h2-9,24H,10-14H2,1H3,(H,22,28). The van der Waals surface area contributed by atoms with Crippen molar-refractivity contribution >= 4 is 29.0 Å². The molecule has 2 N–H and O–H groups in total. The average Bonchev–Trinajstić information content (AvgIpc) is 3.06. The lowest BCUT2D eigenvalue weighted by Crippen LogP contribution is -2.55. The number of benzene rings is 2. The minimum atomic E-state index is -0.463. The third-order valence-electron chi connectivity index (χ3n) is 5.63. The molecule has 2 aromatic carbocycles. The van der Waals surface area contributed by atoms with E-state index in [1.807, 2.05) is 43.3 Å². The number of nitrogens with zero attached hydrogens (tertiary/aromatic N) is 3.